The van der Waals surface area contributed by atoms with Gasteiger partial charge in [0.25, 0.3) is 0 Å². The summed E-state index contributed by atoms with van der Waals surface area (Å²) in [4.78, 5) is 31.2. The molecule has 3 rings (SSSR count). The van der Waals surface area contributed by atoms with E-state index in [0.29, 0.717) is 22.2 Å². The lowest BCUT2D eigenvalue weighted by atomic mass is 10.0. The Labute approximate surface area is 199 Å². The normalized spacial score (nSPS) is 10.7. The second-order valence-corrected chi connectivity index (χ2v) is 8.98. The van der Waals surface area contributed by atoms with E-state index in [1.54, 1.807) is 18.2 Å². The first kappa shape index (κ1) is 24.5. The van der Waals surface area contributed by atoms with E-state index in [1.807, 2.05) is 0 Å². The Morgan fingerprint density at radius 2 is 1.82 bits per heavy atom. The Morgan fingerprint density at radius 1 is 1.03 bits per heavy atom. The smallest absolute Gasteiger partial charge is 0.226 e. The zero-order valence-corrected chi connectivity index (χ0v) is 20.6. The molecule has 0 saturated heterocycles. The van der Waals surface area contributed by atoms with Gasteiger partial charge in [0.05, 0.1) is 25.5 Å². The number of benzene rings is 2. The van der Waals surface area contributed by atoms with Gasteiger partial charge in [-0.2, -0.15) is 0 Å². The number of ketones is 1. The van der Waals surface area contributed by atoms with Crippen LogP contribution in [0.3, 0.4) is 0 Å². The van der Waals surface area contributed by atoms with E-state index in [1.165, 1.54) is 31.1 Å². The molecule has 33 heavy (non-hydrogen) atoms. The average Bonchev–Trinajstić information content (AvgIpc) is 3.20. The molecule has 2 aromatic carbocycles. The number of rotatable bonds is 10. The summed E-state index contributed by atoms with van der Waals surface area (Å²) in [7, 11) is 3.05. The largest absolute Gasteiger partial charge is 0.497 e. The van der Waals surface area contributed by atoms with E-state index >= 15 is 0 Å². The van der Waals surface area contributed by atoms with Crippen LogP contribution in [0.4, 0.5) is 5.13 Å². The number of hydrogen-bond acceptors (Lipinski definition) is 6. The minimum absolute atomic E-state index is 0.0562. The van der Waals surface area contributed by atoms with Gasteiger partial charge in [0.2, 0.25) is 5.91 Å². The van der Waals surface area contributed by atoms with Crippen molar-refractivity contribution in [3.63, 3.8) is 0 Å². The molecule has 0 aliphatic rings. The number of amides is 1. The molecule has 1 heterocycles. The van der Waals surface area contributed by atoms with Gasteiger partial charge in [-0.15, -0.1) is 11.3 Å². The van der Waals surface area contributed by atoms with Crippen molar-refractivity contribution >= 4 is 28.2 Å². The minimum Gasteiger partial charge on any atom is -0.497 e. The molecule has 1 amide bonds. The standard InChI is InChI=1S/C26H30N2O4S/c1-6-7-23-25(19-14-16(2)8-9-17(19)3)28-26(33-23)27-24(30)13-11-21(29)20-15-18(31-4)10-12-22(20)32-5/h8-10,12,14-15H,6-7,11,13H2,1-5H3,(H,27,28,30). The predicted octanol–water partition coefficient (Wildman–Crippen LogP) is 6.00. The first-order chi connectivity index (χ1) is 15.9. The molecule has 7 heteroatoms. The maximum Gasteiger partial charge on any atom is 0.226 e. The highest BCUT2D eigenvalue weighted by atomic mass is 32.1. The van der Waals surface area contributed by atoms with Crippen LogP contribution in [0.2, 0.25) is 0 Å². The Bertz CT molecular complexity index is 1150. The third-order valence-electron chi connectivity index (χ3n) is 5.36. The Kier molecular flexibility index (Phi) is 8.22. The maximum atomic E-state index is 12.7. The lowest BCUT2D eigenvalue weighted by Crippen LogP contribution is -2.13. The van der Waals surface area contributed by atoms with E-state index in [2.05, 4.69) is 44.3 Å². The van der Waals surface area contributed by atoms with Gasteiger partial charge in [0, 0.05) is 23.3 Å². The van der Waals surface area contributed by atoms with Gasteiger partial charge >= 0.3 is 0 Å². The van der Waals surface area contributed by atoms with Crippen LogP contribution < -0.4 is 14.8 Å². The number of nitrogens with zero attached hydrogens (tertiary/aromatic N) is 1. The molecule has 174 valence electrons. The van der Waals surface area contributed by atoms with E-state index in [4.69, 9.17) is 14.5 Å². The maximum absolute atomic E-state index is 12.7. The van der Waals surface area contributed by atoms with Gasteiger partial charge in [0.1, 0.15) is 11.5 Å². The number of ether oxygens (including phenoxy) is 2. The summed E-state index contributed by atoms with van der Waals surface area (Å²) in [6, 6.07) is 11.4. The van der Waals surface area contributed by atoms with Crippen LogP contribution in [0.5, 0.6) is 11.5 Å². The van der Waals surface area contributed by atoms with Crippen LogP contribution in [0.1, 0.15) is 52.5 Å². The van der Waals surface area contributed by atoms with Crippen molar-refractivity contribution in [2.45, 2.75) is 46.5 Å². The van der Waals surface area contributed by atoms with E-state index < -0.39 is 0 Å². The number of carbonyl (C=O) groups excluding carboxylic acids is 2. The van der Waals surface area contributed by atoms with Gasteiger partial charge in [-0.25, -0.2) is 4.98 Å². The molecule has 0 spiro atoms. The lowest BCUT2D eigenvalue weighted by Gasteiger charge is -2.09. The highest BCUT2D eigenvalue weighted by molar-refractivity contribution is 7.16. The van der Waals surface area contributed by atoms with E-state index in [9.17, 15) is 9.59 Å². The number of aromatic nitrogens is 1. The summed E-state index contributed by atoms with van der Waals surface area (Å²) in [5.41, 5.74) is 4.74. The van der Waals surface area contributed by atoms with E-state index in [-0.39, 0.29) is 24.5 Å². The third-order valence-corrected chi connectivity index (χ3v) is 6.39. The number of thiazole rings is 1. The van der Waals surface area contributed by atoms with Gasteiger partial charge in [0.15, 0.2) is 10.9 Å². The topological polar surface area (TPSA) is 77.5 Å². The number of methoxy groups -OCH3 is 2. The molecule has 0 saturated carbocycles. The van der Waals surface area contributed by atoms with E-state index in [0.717, 1.165) is 34.5 Å². The van der Waals surface area contributed by atoms with Crippen molar-refractivity contribution < 1.29 is 19.1 Å². The summed E-state index contributed by atoms with van der Waals surface area (Å²) in [6.45, 7) is 6.26. The second-order valence-electron chi connectivity index (χ2n) is 7.90. The van der Waals surface area contributed by atoms with Crippen LogP contribution in [0, 0.1) is 13.8 Å². The monoisotopic (exact) mass is 466 g/mol. The molecular formula is C26H30N2O4S. The summed E-state index contributed by atoms with van der Waals surface area (Å²) in [5, 5.41) is 3.44. The summed E-state index contributed by atoms with van der Waals surface area (Å²) in [6.07, 6.45) is 2.00. The van der Waals surface area contributed by atoms with Crippen molar-refractivity contribution in [3.05, 3.63) is 58.0 Å². The molecule has 6 nitrogen and oxygen atoms in total. The van der Waals surface area contributed by atoms with Gasteiger partial charge < -0.3 is 14.8 Å². The molecule has 0 aliphatic heterocycles. The number of Topliss-reactive ketones (excluding diaryl/α,β-unsaturated/α-hetero) is 1. The molecule has 3 aromatic rings. The van der Waals surface area contributed by atoms with Crippen LogP contribution in [0.25, 0.3) is 11.3 Å². The SMILES string of the molecule is CCCc1sc(NC(=O)CCC(=O)c2cc(OC)ccc2OC)nc1-c1cc(C)ccc1C. The van der Waals surface area contributed by atoms with Crippen LogP contribution in [-0.2, 0) is 11.2 Å². The lowest BCUT2D eigenvalue weighted by molar-refractivity contribution is -0.116. The molecule has 0 aliphatic carbocycles. The molecular weight excluding hydrogens is 436 g/mol. The van der Waals surface area contributed by atoms with Gasteiger partial charge in [-0.3, -0.25) is 9.59 Å². The highest BCUT2D eigenvalue weighted by Gasteiger charge is 2.18. The fraction of sp³-hybridized carbons (Fsp3) is 0.346. The number of nitrogens with one attached hydrogen (secondary N) is 1. The molecule has 1 aromatic heterocycles. The van der Waals surface area contributed by atoms with Crippen molar-refractivity contribution in [2.75, 3.05) is 19.5 Å². The Hall–Kier alpha value is -3.19. The number of aryl methyl sites for hydroxylation is 3. The molecule has 0 unspecified atom stereocenters. The highest BCUT2D eigenvalue weighted by Crippen LogP contribution is 2.34. The second kappa shape index (κ2) is 11.1. The van der Waals surface area contributed by atoms with Crippen molar-refractivity contribution in [1.82, 2.24) is 4.98 Å². The number of hydrogen-bond donors (Lipinski definition) is 1. The minimum atomic E-state index is -0.241. The van der Waals surface area contributed by atoms with Crippen LogP contribution >= 0.6 is 11.3 Å². The first-order valence-corrected chi connectivity index (χ1v) is 11.8. The zero-order chi connectivity index (χ0) is 24.0. The Balaban J connectivity index is 1.72. The third kappa shape index (κ3) is 5.99. The van der Waals surface area contributed by atoms with Crippen molar-refractivity contribution in [3.8, 4) is 22.8 Å². The fourth-order valence-electron chi connectivity index (χ4n) is 3.58. The fourth-order valence-corrected chi connectivity index (χ4v) is 4.67. The zero-order valence-electron chi connectivity index (χ0n) is 19.8. The predicted molar refractivity (Wildman–Crippen MR) is 133 cm³/mol. The molecule has 0 bridgehead atoms. The molecule has 0 atom stereocenters. The average molecular weight is 467 g/mol. The summed E-state index contributed by atoms with van der Waals surface area (Å²) >= 11 is 1.50. The van der Waals surface area contributed by atoms with Gasteiger partial charge in [-0.1, -0.05) is 31.0 Å². The quantitative estimate of drug-likeness (QED) is 0.371. The molecule has 0 fully saturated rings. The summed E-state index contributed by atoms with van der Waals surface area (Å²) in [5.74, 6) is 0.606. The van der Waals surface area contributed by atoms with Crippen LogP contribution in [-0.4, -0.2) is 30.9 Å². The van der Waals surface area contributed by atoms with Gasteiger partial charge in [-0.05, 0) is 50.1 Å². The molecule has 0 radical (unpaired) electrons. The summed E-state index contributed by atoms with van der Waals surface area (Å²) < 4.78 is 10.5. The van der Waals surface area contributed by atoms with Crippen molar-refractivity contribution in [2.24, 2.45) is 0 Å². The first-order valence-electron chi connectivity index (χ1n) is 11.0. The number of anilines is 1. The van der Waals surface area contributed by atoms with Crippen molar-refractivity contribution in [1.29, 1.82) is 0 Å². The van der Waals surface area contributed by atoms with Crippen LogP contribution in [0.15, 0.2) is 36.4 Å². The number of carbonyl (C=O) groups is 2. The molecule has 1 N–H and O–H groups in total. The Morgan fingerprint density at radius 3 is 2.52 bits per heavy atom.